The summed E-state index contributed by atoms with van der Waals surface area (Å²) in [5, 5.41) is 1.25. The van der Waals surface area contributed by atoms with E-state index < -0.39 is 0 Å². The fraction of sp³-hybridized carbons (Fsp3) is 0.107. The molecule has 0 fully saturated rings. The average molecular weight is 406 g/mol. The molecule has 2 heterocycles. The predicted molar refractivity (Wildman–Crippen MR) is 130 cm³/mol. The Morgan fingerprint density at radius 1 is 0.667 bits per heavy atom. The maximum Gasteiger partial charge on any atom is 0.0709 e. The van der Waals surface area contributed by atoms with Gasteiger partial charge < -0.3 is 0 Å². The Kier molecular flexibility index (Phi) is 4.94. The minimum absolute atomic E-state index is 0.555. The second kappa shape index (κ2) is 7.89. The van der Waals surface area contributed by atoms with E-state index in [0.717, 1.165) is 11.3 Å². The molecule has 0 spiro atoms. The van der Waals surface area contributed by atoms with Gasteiger partial charge in [-0.2, -0.15) is 0 Å². The fourth-order valence-electron chi connectivity index (χ4n) is 3.77. The molecule has 0 N–H and O–H groups in total. The molecule has 0 unspecified atom stereocenters. The lowest BCUT2D eigenvalue weighted by molar-refractivity contribution is 0.867. The van der Waals surface area contributed by atoms with Gasteiger partial charge in [0.1, 0.15) is 0 Å². The Balaban J connectivity index is 1.50. The van der Waals surface area contributed by atoms with E-state index in [9.17, 15) is 0 Å². The maximum absolute atomic E-state index is 4.77. The Morgan fingerprint density at radius 3 is 2.17 bits per heavy atom. The quantitative estimate of drug-likeness (QED) is 0.292. The maximum atomic E-state index is 4.77. The van der Waals surface area contributed by atoms with E-state index in [4.69, 9.17) is 4.98 Å². The lowest BCUT2D eigenvalue weighted by atomic mass is 10.0. The zero-order valence-corrected chi connectivity index (χ0v) is 18.0. The summed E-state index contributed by atoms with van der Waals surface area (Å²) < 4.78 is 1.22. The summed E-state index contributed by atoms with van der Waals surface area (Å²) in [6, 6.07) is 32.6. The van der Waals surface area contributed by atoms with Crippen molar-refractivity contribution in [2.45, 2.75) is 19.8 Å². The van der Waals surface area contributed by atoms with Crippen LogP contribution in [0, 0.1) is 0 Å². The second-order valence-corrected chi connectivity index (χ2v) is 9.03. The second-order valence-electron chi connectivity index (χ2n) is 7.94. The molecule has 3 aromatic carbocycles. The van der Waals surface area contributed by atoms with E-state index in [1.54, 1.807) is 11.3 Å². The standard InChI is InChI=1S/C28H23NS/c1-19(2)20-11-13-22(14-12-20)27-17-25-16-26(29-18-28(25)30-27)24-10-6-9-23(15-24)21-7-4-3-5-8-21/h3-19H,1-2H3. The summed E-state index contributed by atoms with van der Waals surface area (Å²) in [5.41, 5.74) is 7.25. The molecule has 146 valence electrons. The van der Waals surface area contributed by atoms with Gasteiger partial charge in [0.2, 0.25) is 0 Å². The first-order chi connectivity index (χ1) is 14.7. The van der Waals surface area contributed by atoms with Crippen LogP contribution in [0.3, 0.4) is 0 Å². The lowest BCUT2D eigenvalue weighted by Crippen LogP contribution is -1.85. The molecule has 2 heteroatoms. The summed E-state index contributed by atoms with van der Waals surface area (Å²) >= 11 is 1.81. The number of fused-ring (bicyclic) bond motifs is 1. The van der Waals surface area contributed by atoms with Crippen molar-refractivity contribution in [3.63, 3.8) is 0 Å². The molecule has 5 rings (SSSR count). The molecule has 0 saturated heterocycles. The van der Waals surface area contributed by atoms with Crippen LogP contribution in [0.1, 0.15) is 25.3 Å². The molecule has 0 amide bonds. The molecule has 0 aliphatic carbocycles. The smallest absolute Gasteiger partial charge is 0.0709 e. The van der Waals surface area contributed by atoms with E-state index in [1.807, 2.05) is 12.3 Å². The molecule has 30 heavy (non-hydrogen) atoms. The highest BCUT2D eigenvalue weighted by molar-refractivity contribution is 7.22. The zero-order valence-electron chi connectivity index (χ0n) is 17.2. The average Bonchev–Trinajstić information content (AvgIpc) is 3.23. The minimum Gasteiger partial charge on any atom is -0.255 e. The third-order valence-corrected chi connectivity index (χ3v) is 6.67. The highest BCUT2D eigenvalue weighted by Crippen LogP contribution is 2.35. The van der Waals surface area contributed by atoms with Gasteiger partial charge in [-0.25, -0.2) is 0 Å². The van der Waals surface area contributed by atoms with Crippen molar-refractivity contribution in [3.05, 3.63) is 103 Å². The van der Waals surface area contributed by atoms with Gasteiger partial charge in [0.25, 0.3) is 0 Å². The first-order valence-corrected chi connectivity index (χ1v) is 11.1. The number of benzene rings is 3. The van der Waals surface area contributed by atoms with Crippen molar-refractivity contribution >= 4 is 21.4 Å². The first-order valence-electron chi connectivity index (χ1n) is 10.3. The van der Waals surface area contributed by atoms with Crippen LogP contribution in [-0.2, 0) is 0 Å². The number of hydrogen-bond donors (Lipinski definition) is 0. The SMILES string of the molecule is CC(C)c1ccc(-c2cc3cc(-c4cccc(-c5ccccc5)c4)ncc3s2)cc1. The van der Waals surface area contributed by atoms with Crippen LogP contribution in [0.5, 0.6) is 0 Å². The van der Waals surface area contributed by atoms with Crippen LogP contribution >= 0.6 is 11.3 Å². The summed E-state index contributed by atoms with van der Waals surface area (Å²) in [5.74, 6) is 0.555. The zero-order chi connectivity index (χ0) is 20.5. The van der Waals surface area contributed by atoms with Crippen LogP contribution in [-0.4, -0.2) is 4.98 Å². The number of nitrogens with zero attached hydrogens (tertiary/aromatic N) is 1. The number of pyridine rings is 1. The van der Waals surface area contributed by atoms with Crippen molar-refractivity contribution in [2.24, 2.45) is 0 Å². The number of rotatable bonds is 4. The summed E-state index contributed by atoms with van der Waals surface area (Å²) in [6.45, 7) is 4.46. The minimum atomic E-state index is 0.555. The van der Waals surface area contributed by atoms with E-state index in [2.05, 4.69) is 98.8 Å². The lowest BCUT2D eigenvalue weighted by Gasteiger charge is -2.05. The number of hydrogen-bond acceptors (Lipinski definition) is 2. The van der Waals surface area contributed by atoms with Crippen molar-refractivity contribution in [1.29, 1.82) is 0 Å². The molecular weight excluding hydrogens is 382 g/mol. The summed E-state index contributed by atoms with van der Waals surface area (Å²) in [4.78, 5) is 6.06. The van der Waals surface area contributed by atoms with Gasteiger partial charge in [-0.05, 0) is 51.8 Å². The normalized spacial score (nSPS) is 11.3. The highest BCUT2D eigenvalue weighted by atomic mass is 32.1. The summed E-state index contributed by atoms with van der Waals surface area (Å²) in [6.07, 6.45) is 2.01. The molecule has 0 saturated carbocycles. The van der Waals surface area contributed by atoms with Crippen molar-refractivity contribution in [3.8, 4) is 32.8 Å². The molecule has 0 aliphatic heterocycles. The highest BCUT2D eigenvalue weighted by Gasteiger charge is 2.09. The third kappa shape index (κ3) is 3.67. The molecule has 0 bridgehead atoms. The van der Waals surface area contributed by atoms with Crippen LogP contribution < -0.4 is 0 Å². The van der Waals surface area contributed by atoms with Crippen LogP contribution in [0.4, 0.5) is 0 Å². The Labute approximate surface area is 181 Å². The Bertz CT molecular complexity index is 1300. The number of thiophene rings is 1. The van der Waals surface area contributed by atoms with E-state index in [0.29, 0.717) is 5.92 Å². The predicted octanol–water partition coefficient (Wildman–Crippen LogP) is 8.42. The topological polar surface area (TPSA) is 12.9 Å². The van der Waals surface area contributed by atoms with Gasteiger partial charge in [0.15, 0.2) is 0 Å². The first kappa shape index (κ1) is 18.8. The van der Waals surface area contributed by atoms with E-state index >= 15 is 0 Å². The Morgan fingerprint density at radius 2 is 1.40 bits per heavy atom. The van der Waals surface area contributed by atoms with E-state index in [1.165, 1.54) is 37.2 Å². The van der Waals surface area contributed by atoms with Gasteiger partial charge in [-0.1, -0.05) is 86.6 Å². The van der Waals surface area contributed by atoms with Gasteiger partial charge >= 0.3 is 0 Å². The number of aromatic nitrogens is 1. The molecule has 0 atom stereocenters. The molecular formula is C28H23NS. The van der Waals surface area contributed by atoms with Gasteiger partial charge in [-0.3, -0.25) is 4.98 Å². The fourth-order valence-corrected chi connectivity index (χ4v) is 4.78. The molecule has 5 aromatic rings. The monoisotopic (exact) mass is 405 g/mol. The largest absolute Gasteiger partial charge is 0.255 e. The molecule has 2 aromatic heterocycles. The van der Waals surface area contributed by atoms with Crippen LogP contribution in [0.15, 0.2) is 97.2 Å². The van der Waals surface area contributed by atoms with Crippen molar-refractivity contribution < 1.29 is 0 Å². The van der Waals surface area contributed by atoms with Gasteiger partial charge in [0.05, 0.1) is 10.4 Å². The van der Waals surface area contributed by atoms with E-state index in [-0.39, 0.29) is 0 Å². The van der Waals surface area contributed by atoms with Crippen molar-refractivity contribution in [2.75, 3.05) is 0 Å². The van der Waals surface area contributed by atoms with Gasteiger partial charge in [-0.15, -0.1) is 11.3 Å². The molecule has 1 nitrogen and oxygen atoms in total. The van der Waals surface area contributed by atoms with Gasteiger partial charge in [0, 0.05) is 16.6 Å². The third-order valence-electron chi connectivity index (χ3n) is 5.53. The van der Waals surface area contributed by atoms with Crippen LogP contribution in [0.25, 0.3) is 42.9 Å². The van der Waals surface area contributed by atoms with Crippen LogP contribution in [0.2, 0.25) is 0 Å². The summed E-state index contributed by atoms with van der Waals surface area (Å²) in [7, 11) is 0. The molecule has 0 aliphatic rings. The Hall–Kier alpha value is -3.23. The van der Waals surface area contributed by atoms with Crippen molar-refractivity contribution in [1.82, 2.24) is 4.98 Å². The molecule has 0 radical (unpaired) electrons.